The van der Waals surface area contributed by atoms with E-state index in [1.807, 2.05) is 11.4 Å². The van der Waals surface area contributed by atoms with Crippen LogP contribution in [-0.4, -0.2) is 21.8 Å². The van der Waals surface area contributed by atoms with E-state index >= 15 is 0 Å². The van der Waals surface area contributed by atoms with Gasteiger partial charge in [-0.05, 0) is 55.0 Å². The van der Waals surface area contributed by atoms with Crippen molar-refractivity contribution < 1.29 is 18.4 Å². The molecule has 1 atom stereocenters. The zero-order valence-electron chi connectivity index (χ0n) is 14.8. The third-order valence-corrected chi connectivity index (χ3v) is 6.29. The van der Waals surface area contributed by atoms with Crippen LogP contribution in [0.2, 0.25) is 0 Å². The van der Waals surface area contributed by atoms with Crippen LogP contribution in [0.5, 0.6) is 0 Å². The van der Waals surface area contributed by atoms with Gasteiger partial charge in [-0.15, -0.1) is 11.3 Å². The Bertz CT molecular complexity index is 1070. The number of thiophene rings is 1. The standard InChI is InChI=1S/C20H16FN3O3S/c21-13-5-3-12(4-6-13)15-10-22-17(27-15)11-24-18(25)20(23-19(24)26)8-1-2-16-14(20)7-9-28-16/h3-7,9-10H,1-2,8,11H2,(H,23,26)/t20-/m1/s1. The molecule has 0 radical (unpaired) electrons. The minimum absolute atomic E-state index is 0.0485. The van der Waals surface area contributed by atoms with Crippen LogP contribution in [0.4, 0.5) is 9.18 Å². The third kappa shape index (κ3) is 2.56. The number of rotatable bonds is 3. The van der Waals surface area contributed by atoms with Gasteiger partial charge in [0, 0.05) is 16.0 Å². The number of oxazole rings is 1. The molecule has 142 valence electrons. The first-order valence-electron chi connectivity index (χ1n) is 8.98. The van der Waals surface area contributed by atoms with Gasteiger partial charge in [0.05, 0.1) is 6.20 Å². The van der Waals surface area contributed by atoms with Crippen LogP contribution in [0, 0.1) is 5.82 Å². The Morgan fingerprint density at radius 1 is 1.25 bits per heavy atom. The molecule has 0 saturated carbocycles. The third-order valence-electron chi connectivity index (χ3n) is 5.31. The molecule has 1 aliphatic heterocycles. The molecule has 3 heterocycles. The SMILES string of the molecule is O=C1N[C@@]2(CCCc3sccc32)C(=O)N1Cc1ncc(-c2ccc(F)cc2)o1. The Morgan fingerprint density at radius 3 is 2.89 bits per heavy atom. The average molecular weight is 397 g/mol. The zero-order chi connectivity index (χ0) is 19.3. The number of amides is 3. The number of fused-ring (bicyclic) bond motifs is 2. The van der Waals surface area contributed by atoms with Crippen molar-refractivity contribution in [3.8, 4) is 11.3 Å². The molecule has 6 nitrogen and oxygen atoms in total. The molecular formula is C20H16FN3O3S. The van der Waals surface area contributed by atoms with Gasteiger partial charge in [0.15, 0.2) is 5.76 Å². The molecule has 2 aliphatic rings. The van der Waals surface area contributed by atoms with Crippen molar-refractivity contribution in [1.82, 2.24) is 15.2 Å². The number of carbonyl (C=O) groups is 2. The quantitative estimate of drug-likeness (QED) is 0.682. The van der Waals surface area contributed by atoms with Crippen molar-refractivity contribution in [2.24, 2.45) is 0 Å². The first kappa shape index (κ1) is 17.1. The summed E-state index contributed by atoms with van der Waals surface area (Å²) in [6.45, 7) is -0.0485. The fourth-order valence-electron chi connectivity index (χ4n) is 3.95. The first-order chi connectivity index (χ1) is 13.6. The number of halogens is 1. The number of hydrogen-bond donors (Lipinski definition) is 1. The van der Waals surface area contributed by atoms with E-state index in [4.69, 9.17) is 4.42 Å². The van der Waals surface area contributed by atoms with Crippen molar-refractivity contribution in [3.63, 3.8) is 0 Å². The van der Waals surface area contributed by atoms with Crippen LogP contribution in [-0.2, 0) is 23.3 Å². The Labute approximate surface area is 164 Å². The second-order valence-electron chi connectivity index (χ2n) is 6.96. The molecule has 1 fully saturated rings. The van der Waals surface area contributed by atoms with Gasteiger partial charge in [0.25, 0.3) is 5.91 Å². The summed E-state index contributed by atoms with van der Waals surface area (Å²) in [7, 11) is 0. The highest BCUT2D eigenvalue weighted by molar-refractivity contribution is 7.10. The number of hydrogen-bond acceptors (Lipinski definition) is 5. The Balaban J connectivity index is 1.41. The van der Waals surface area contributed by atoms with Crippen molar-refractivity contribution in [3.05, 3.63) is 64.1 Å². The van der Waals surface area contributed by atoms with Crippen LogP contribution in [0.3, 0.4) is 0 Å². The minimum atomic E-state index is -0.975. The van der Waals surface area contributed by atoms with E-state index in [9.17, 15) is 14.0 Å². The van der Waals surface area contributed by atoms with Gasteiger partial charge in [-0.3, -0.25) is 9.69 Å². The van der Waals surface area contributed by atoms with E-state index in [1.54, 1.807) is 23.5 Å². The number of aromatic nitrogens is 1. The largest absolute Gasteiger partial charge is 0.439 e. The van der Waals surface area contributed by atoms with E-state index in [0.717, 1.165) is 28.2 Å². The summed E-state index contributed by atoms with van der Waals surface area (Å²) in [6.07, 6.45) is 3.87. The summed E-state index contributed by atoms with van der Waals surface area (Å²) in [4.78, 5) is 32.3. The van der Waals surface area contributed by atoms with Gasteiger partial charge < -0.3 is 9.73 Å². The summed E-state index contributed by atoms with van der Waals surface area (Å²) in [6, 6.07) is 7.33. The first-order valence-corrected chi connectivity index (χ1v) is 9.86. The summed E-state index contributed by atoms with van der Waals surface area (Å²) >= 11 is 1.62. The molecule has 3 amide bonds. The number of carbonyl (C=O) groups excluding carboxylic acids is 2. The molecule has 1 N–H and O–H groups in total. The normalized spacial score (nSPS) is 21.2. The van der Waals surface area contributed by atoms with Crippen LogP contribution in [0.1, 0.15) is 29.2 Å². The van der Waals surface area contributed by atoms with Crippen molar-refractivity contribution >= 4 is 23.3 Å². The van der Waals surface area contributed by atoms with E-state index < -0.39 is 11.6 Å². The number of aryl methyl sites for hydroxylation is 1. The molecular weight excluding hydrogens is 381 g/mol. The van der Waals surface area contributed by atoms with E-state index in [0.29, 0.717) is 17.7 Å². The number of urea groups is 1. The summed E-state index contributed by atoms with van der Waals surface area (Å²) in [5, 5.41) is 4.87. The molecule has 28 heavy (non-hydrogen) atoms. The van der Waals surface area contributed by atoms with Gasteiger partial charge in [-0.1, -0.05) is 0 Å². The van der Waals surface area contributed by atoms with Crippen LogP contribution < -0.4 is 5.32 Å². The van der Waals surface area contributed by atoms with Gasteiger partial charge in [0.1, 0.15) is 17.9 Å². The predicted molar refractivity (Wildman–Crippen MR) is 99.9 cm³/mol. The van der Waals surface area contributed by atoms with Gasteiger partial charge in [0.2, 0.25) is 5.89 Å². The lowest BCUT2D eigenvalue weighted by molar-refractivity contribution is -0.132. The van der Waals surface area contributed by atoms with E-state index in [-0.39, 0.29) is 24.2 Å². The molecule has 5 rings (SSSR count). The molecule has 3 aromatic rings. The van der Waals surface area contributed by atoms with Crippen molar-refractivity contribution in [2.45, 2.75) is 31.3 Å². The molecule has 2 aromatic heterocycles. The molecule has 0 bridgehead atoms. The maximum Gasteiger partial charge on any atom is 0.325 e. The molecule has 1 aromatic carbocycles. The smallest absolute Gasteiger partial charge is 0.325 e. The lowest BCUT2D eigenvalue weighted by atomic mass is 9.80. The topological polar surface area (TPSA) is 75.4 Å². The van der Waals surface area contributed by atoms with Crippen molar-refractivity contribution in [1.29, 1.82) is 0 Å². The van der Waals surface area contributed by atoms with Crippen molar-refractivity contribution in [2.75, 3.05) is 0 Å². The van der Waals surface area contributed by atoms with Gasteiger partial charge in [-0.2, -0.15) is 0 Å². The van der Waals surface area contributed by atoms with Gasteiger partial charge in [-0.25, -0.2) is 14.2 Å². The molecule has 1 spiro atoms. The second kappa shape index (κ2) is 6.27. The van der Waals surface area contributed by atoms with Crippen LogP contribution in [0.15, 0.2) is 46.3 Å². The molecule has 1 aliphatic carbocycles. The van der Waals surface area contributed by atoms with Gasteiger partial charge >= 0.3 is 6.03 Å². The lowest BCUT2D eigenvalue weighted by Crippen LogP contribution is -2.46. The Hall–Kier alpha value is -3.00. The van der Waals surface area contributed by atoms with E-state index in [2.05, 4.69) is 10.3 Å². The lowest BCUT2D eigenvalue weighted by Gasteiger charge is -2.31. The number of nitrogens with zero attached hydrogens (tertiary/aromatic N) is 2. The molecule has 0 unspecified atom stereocenters. The second-order valence-corrected chi connectivity index (χ2v) is 7.96. The van der Waals surface area contributed by atoms with Crippen LogP contribution >= 0.6 is 11.3 Å². The summed E-state index contributed by atoms with van der Waals surface area (Å²) in [5.74, 6) is 0.0996. The maximum absolute atomic E-state index is 13.2. The minimum Gasteiger partial charge on any atom is -0.439 e. The fraction of sp³-hybridized carbons (Fsp3) is 0.250. The van der Waals surface area contributed by atoms with E-state index in [1.165, 1.54) is 18.3 Å². The number of nitrogens with one attached hydrogen (secondary N) is 1. The highest BCUT2D eigenvalue weighted by Gasteiger charge is 2.54. The summed E-state index contributed by atoms with van der Waals surface area (Å²) in [5.41, 5.74) is 0.602. The zero-order valence-corrected chi connectivity index (χ0v) is 15.6. The molecule has 1 saturated heterocycles. The number of benzene rings is 1. The number of imide groups is 1. The molecule has 8 heteroatoms. The average Bonchev–Trinajstić information content (AvgIpc) is 3.40. The monoisotopic (exact) mass is 397 g/mol. The highest BCUT2D eigenvalue weighted by Crippen LogP contribution is 2.42. The fourth-order valence-corrected chi connectivity index (χ4v) is 4.95. The summed E-state index contributed by atoms with van der Waals surface area (Å²) < 4.78 is 18.8. The predicted octanol–water partition coefficient (Wildman–Crippen LogP) is 3.83. The Kier molecular flexibility index (Phi) is 3.83. The Morgan fingerprint density at radius 2 is 2.07 bits per heavy atom. The highest BCUT2D eigenvalue weighted by atomic mass is 32.1. The maximum atomic E-state index is 13.2. The van der Waals surface area contributed by atoms with Crippen LogP contribution in [0.25, 0.3) is 11.3 Å².